The average Bonchev–Trinajstić information content (AvgIpc) is 3.00. The first-order chi connectivity index (χ1) is 12.0. The van der Waals surface area contributed by atoms with Gasteiger partial charge in [-0.15, -0.1) is 10.2 Å². The molecule has 0 aliphatic rings. The Morgan fingerprint density at radius 1 is 1.12 bits per heavy atom. The minimum atomic E-state index is -0.0608. The molecule has 0 saturated heterocycles. The number of benzene rings is 2. The molecule has 1 amide bonds. The van der Waals surface area contributed by atoms with Gasteiger partial charge in [0.25, 0.3) is 0 Å². The molecule has 0 unspecified atom stereocenters. The largest absolute Gasteiger partial charge is 0.325 e. The van der Waals surface area contributed by atoms with E-state index in [0.717, 1.165) is 28.1 Å². The molecule has 0 fully saturated rings. The van der Waals surface area contributed by atoms with Crippen molar-refractivity contribution in [3.8, 4) is 5.69 Å². The Morgan fingerprint density at radius 2 is 1.84 bits per heavy atom. The molecule has 1 heterocycles. The lowest BCUT2D eigenvalue weighted by Gasteiger charge is -2.10. The Kier molecular flexibility index (Phi) is 5.19. The molecular weight excluding hydrogens is 332 g/mol. The second kappa shape index (κ2) is 7.53. The van der Waals surface area contributed by atoms with E-state index in [9.17, 15) is 4.79 Å². The number of hydrogen-bond donors (Lipinski definition) is 1. The molecule has 5 nitrogen and oxygen atoms in total. The Morgan fingerprint density at radius 3 is 2.56 bits per heavy atom. The van der Waals surface area contributed by atoms with E-state index in [2.05, 4.69) is 21.6 Å². The van der Waals surface area contributed by atoms with E-state index in [4.69, 9.17) is 0 Å². The predicted molar refractivity (Wildman–Crippen MR) is 101 cm³/mol. The second-order valence-electron chi connectivity index (χ2n) is 5.98. The summed E-state index contributed by atoms with van der Waals surface area (Å²) in [6.45, 7) is 6.07. The summed E-state index contributed by atoms with van der Waals surface area (Å²) in [5.41, 5.74) is 5.22. The molecule has 6 heteroatoms. The van der Waals surface area contributed by atoms with Gasteiger partial charge in [0.1, 0.15) is 6.33 Å². The van der Waals surface area contributed by atoms with Gasteiger partial charge >= 0.3 is 0 Å². The minimum absolute atomic E-state index is 0.0608. The van der Waals surface area contributed by atoms with E-state index in [1.807, 2.05) is 61.7 Å². The molecular formula is C19H20N4OS. The molecule has 1 N–H and O–H groups in total. The molecule has 3 aromatic rings. The van der Waals surface area contributed by atoms with E-state index in [-0.39, 0.29) is 11.7 Å². The van der Waals surface area contributed by atoms with Gasteiger partial charge in [-0.1, -0.05) is 36.0 Å². The van der Waals surface area contributed by atoms with E-state index in [0.29, 0.717) is 5.16 Å². The summed E-state index contributed by atoms with van der Waals surface area (Å²) in [6.07, 6.45) is 1.67. The molecule has 0 bridgehead atoms. The van der Waals surface area contributed by atoms with Crippen LogP contribution in [0.15, 0.2) is 53.9 Å². The summed E-state index contributed by atoms with van der Waals surface area (Å²) >= 11 is 1.37. The smallest absolute Gasteiger partial charge is 0.234 e. The first-order valence-corrected chi connectivity index (χ1v) is 8.98. The maximum Gasteiger partial charge on any atom is 0.234 e. The monoisotopic (exact) mass is 352 g/mol. The first-order valence-electron chi connectivity index (χ1n) is 8.00. The molecule has 0 radical (unpaired) electrons. The van der Waals surface area contributed by atoms with Gasteiger partial charge in [-0.3, -0.25) is 9.36 Å². The molecule has 0 saturated carbocycles. The van der Waals surface area contributed by atoms with Crippen molar-refractivity contribution < 1.29 is 4.79 Å². The molecule has 2 aromatic carbocycles. The number of aryl methyl sites for hydroxylation is 3. The van der Waals surface area contributed by atoms with Crippen molar-refractivity contribution in [3.05, 3.63) is 65.5 Å². The van der Waals surface area contributed by atoms with Crippen molar-refractivity contribution in [3.63, 3.8) is 0 Å². The molecule has 0 aliphatic heterocycles. The molecule has 0 atom stereocenters. The van der Waals surface area contributed by atoms with E-state index < -0.39 is 0 Å². The van der Waals surface area contributed by atoms with Crippen LogP contribution in [0.1, 0.15) is 16.7 Å². The van der Waals surface area contributed by atoms with Crippen molar-refractivity contribution in [1.82, 2.24) is 14.8 Å². The van der Waals surface area contributed by atoms with Crippen LogP contribution in [0.5, 0.6) is 0 Å². The third kappa shape index (κ3) is 4.28. The number of nitrogens with one attached hydrogen (secondary N) is 1. The van der Waals surface area contributed by atoms with Crippen LogP contribution in [0.4, 0.5) is 5.69 Å². The summed E-state index contributed by atoms with van der Waals surface area (Å²) < 4.78 is 1.91. The maximum absolute atomic E-state index is 12.3. The highest BCUT2D eigenvalue weighted by Crippen LogP contribution is 2.22. The molecule has 1 aromatic heterocycles. The number of thioether (sulfide) groups is 1. The van der Waals surface area contributed by atoms with Gasteiger partial charge in [-0.25, -0.2) is 0 Å². The lowest BCUT2D eigenvalue weighted by molar-refractivity contribution is -0.113. The number of anilines is 1. The summed E-state index contributed by atoms with van der Waals surface area (Å²) in [5.74, 6) is 0.215. The SMILES string of the molecule is Cc1cc(C)cc(NC(=O)CSc2nncn2-c2ccccc2C)c1. The Hall–Kier alpha value is -2.60. The standard InChI is InChI=1S/C19H20N4OS/c1-13-8-14(2)10-16(9-13)21-18(24)11-25-19-22-20-12-23(19)17-7-5-4-6-15(17)3/h4-10,12H,11H2,1-3H3,(H,21,24). The van der Waals surface area contributed by atoms with E-state index in [1.165, 1.54) is 11.8 Å². The Labute approximate surface area is 151 Å². The Balaban J connectivity index is 1.67. The van der Waals surface area contributed by atoms with Crippen molar-refractivity contribution in [2.24, 2.45) is 0 Å². The first kappa shape index (κ1) is 17.2. The number of carbonyl (C=O) groups excluding carboxylic acids is 1. The number of carbonyl (C=O) groups is 1. The van der Waals surface area contributed by atoms with Crippen molar-refractivity contribution in [2.45, 2.75) is 25.9 Å². The molecule has 25 heavy (non-hydrogen) atoms. The minimum Gasteiger partial charge on any atom is -0.325 e. The lowest BCUT2D eigenvalue weighted by atomic mass is 10.1. The van der Waals surface area contributed by atoms with Gasteiger partial charge in [0.2, 0.25) is 5.91 Å². The fraction of sp³-hybridized carbons (Fsp3) is 0.211. The highest BCUT2D eigenvalue weighted by molar-refractivity contribution is 7.99. The lowest BCUT2D eigenvalue weighted by Crippen LogP contribution is -2.14. The van der Waals surface area contributed by atoms with Crippen molar-refractivity contribution in [2.75, 3.05) is 11.1 Å². The van der Waals surface area contributed by atoms with Crippen molar-refractivity contribution >= 4 is 23.4 Å². The zero-order valence-corrected chi connectivity index (χ0v) is 15.3. The van der Waals surface area contributed by atoms with Crippen LogP contribution in [0, 0.1) is 20.8 Å². The van der Waals surface area contributed by atoms with Crippen LogP contribution in [0.25, 0.3) is 5.69 Å². The fourth-order valence-electron chi connectivity index (χ4n) is 2.70. The quantitative estimate of drug-likeness (QED) is 0.707. The average molecular weight is 352 g/mol. The van der Waals surface area contributed by atoms with Gasteiger partial charge in [0.15, 0.2) is 5.16 Å². The van der Waals surface area contributed by atoms with Gasteiger partial charge in [-0.05, 0) is 55.7 Å². The van der Waals surface area contributed by atoms with Crippen LogP contribution in [-0.4, -0.2) is 26.4 Å². The highest BCUT2D eigenvalue weighted by Gasteiger charge is 2.11. The maximum atomic E-state index is 12.3. The second-order valence-corrected chi connectivity index (χ2v) is 6.93. The Bertz CT molecular complexity index is 884. The number of aromatic nitrogens is 3. The predicted octanol–water partition coefficient (Wildman–Crippen LogP) is 3.92. The number of para-hydroxylation sites is 1. The summed E-state index contributed by atoms with van der Waals surface area (Å²) in [4.78, 5) is 12.3. The summed E-state index contributed by atoms with van der Waals surface area (Å²) in [5, 5.41) is 11.8. The topological polar surface area (TPSA) is 59.8 Å². The number of nitrogens with zero attached hydrogens (tertiary/aromatic N) is 3. The fourth-order valence-corrected chi connectivity index (χ4v) is 3.42. The van der Waals surface area contributed by atoms with Gasteiger partial charge in [0.05, 0.1) is 11.4 Å². The summed E-state index contributed by atoms with van der Waals surface area (Å²) in [6, 6.07) is 14.0. The highest BCUT2D eigenvalue weighted by atomic mass is 32.2. The zero-order valence-electron chi connectivity index (χ0n) is 14.5. The normalized spacial score (nSPS) is 10.7. The van der Waals surface area contributed by atoms with Crippen molar-refractivity contribution in [1.29, 1.82) is 0 Å². The van der Waals surface area contributed by atoms with E-state index >= 15 is 0 Å². The van der Waals surface area contributed by atoms with Crippen LogP contribution in [0.3, 0.4) is 0 Å². The van der Waals surface area contributed by atoms with E-state index in [1.54, 1.807) is 6.33 Å². The van der Waals surface area contributed by atoms with Crippen LogP contribution in [-0.2, 0) is 4.79 Å². The van der Waals surface area contributed by atoms with Crippen LogP contribution < -0.4 is 5.32 Å². The zero-order chi connectivity index (χ0) is 17.8. The van der Waals surface area contributed by atoms with Gasteiger partial charge in [0, 0.05) is 5.69 Å². The third-order valence-electron chi connectivity index (χ3n) is 3.73. The number of hydrogen-bond acceptors (Lipinski definition) is 4. The summed E-state index contributed by atoms with van der Waals surface area (Å²) in [7, 11) is 0. The van der Waals surface area contributed by atoms with Gasteiger partial charge in [-0.2, -0.15) is 0 Å². The third-order valence-corrected chi connectivity index (χ3v) is 4.67. The van der Waals surface area contributed by atoms with Crippen LogP contribution >= 0.6 is 11.8 Å². The van der Waals surface area contributed by atoms with Gasteiger partial charge < -0.3 is 5.32 Å². The number of rotatable bonds is 5. The molecule has 0 spiro atoms. The molecule has 0 aliphatic carbocycles. The molecule has 128 valence electrons. The molecule has 3 rings (SSSR count). The van der Waals surface area contributed by atoms with Crippen LogP contribution in [0.2, 0.25) is 0 Å². The number of amides is 1.